The number of likely N-dealkylation sites (N-methyl/N-ethyl adjacent to an activating group) is 1. The second-order valence-corrected chi connectivity index (χ2v) is 7.41. The highest BCUT2D eigenvalue weighted by Gasteiger charge is 2.22. The number of carbonyl (C=O) groups is 1. The highest BCUT2D eigenvalue weighted by atomic mass is 32.2. The van der Waals surface area contributed by atoms with Gasteiger partial charge in [-0.1, -0.05) is 18.2 Å². The number of amides is 1. The van der Waals surface area contributed by atoms with Crippen LogP contribution in [0, 0.1) is 0 Å². The van der Waals surface area contributed by atoms with E-state index >= 15 is 0 Å². The number of benzene rings is 1. The SMILES string of the molecule is CN(CC(=O)Nc1ccc(-n2cncn2)nc1)S(=O)(=O)c1ccccc1. The fourth-order valence-corrected chi connectivity index (χ4v) is 3.33. The van der Waals surface area contributed by atoms with Gasteiger partial charge in [0.2, 0.25) is 15.9 Å². The summed E-state index contributed by atoms with van der Waals surface area (Å²) in [6.07, 6.45) is 4.35. The summed E-state index contributed by atoms with van der Waals surface area (Å²) in [6, 6.07) is 11.3. The molecule has 0 aliphatic heterocycles. The Labute approximate surface area is 150 Å². The monoisotopic (exact) mass is 372 g/mol. The minimum Gasteiger partial charge on any atom is -0.324 e. The number of rotatable bonds is 6. The molecule has 3 aromatic rings. The zero-order valence-corrected chi connectivity index (χ0v) is 14.7. The number of aromatic nitrogens is 4. The van der Waals surface area contributed by atoms with Crippen LogP contribution in [0.15, 0.2) is 66.2 Å². The molecule has 2 heterocycles. The van der Waals surface area contributed by atoms with E-state index < -0.39 is 15.9 Å². The lowest BCUT2D eigenvalue weighted by molar-refractivity contribution is -0.116. The summed E-state index contributed by atoms with van der Waals surface area (Å²) in [7, 11) is -2.37. The van der Waals surface area contributed by atoms with Gasteiger partial charge in [-0.25, -0.2) is 23.1 Å². The number of nitrogens with one attached hydrogen (secondary N) is 1. The van der Waals surface area contributed by atoms with E-state index in [-0.39, 0.29) is 11.4 Å². The van der Waals surface area contributed by atoms with Gasteiger partial charge in [0.05, 0.1) is 23.3 Å². The zero-order valence-electron chi connectivity index (χ0n) is 13.8. The maximum Gasteiger partial charge on any atom is 0.243 e. The van der Waals surface area contributed by atoms with Crippen LogP contribution in [-0.2, 0) is 14.8 Å². The van der Waals surface area contributed by atoms with Crippen molar-refractivity contribution in [3.8, 4) is 5.82 Å². The van der Waals surface area contributed by atoms with Crippen LogP contribution in [-0.4, -0.2) is 52.0 Å². The predicted molar refractivity (Wildman–Crippen MR) is 94.0 cm³/mol. The summed E-state index contributed by atoms with van der Waals surface area (Å²) in [5, 5.41) is 6.57. The third-order valence-corrected chi connectivity index (χ3v) is 5.32. The van der Waals surface area contributed by atoms with Gasteiger partial charge in [-0.15, -0.1) is 0 Å². The van der Waals surface area contributed by atoms with Gasteiger partial charge in [0, 0.05) is 7.05 Å². The van der Waals surface area contributed by atoms with Crippen LogP contribution in [0.1, 0.15) is 0 Å². The molecule has 0 bridgehead atoms. The van der Waals surface area contributed by atoms with Crippen molar-refractivity contribution in [2.45, 2.75) is 4.90 Å². The Morgan fingerprint density at radius 2 is 1.96 bits per heavy atom. The van der Waals surface area contributed by atoms with Gasteiger partial charge < -0.3 is 5.32 Å². The van der Waals surface area contributed by atoms with E-state index in [1.54, 1.807) is 30.3 Å². The van der Waals surface area contributed by atoms with E-state index in [1.807, 2.05) is 0 Å². The van der Waals surface area contributed by atoms with Gasteiger partial charge in [-0.05, 0) is 24.3 Å². The molecule has 0 radical (unpaired) electrons. The molecule has 0 unspecified atom stereocenters. The molecule has 0 saturated carbocycles. The minimum absolute atomic E-state index is 0.133. The van der Waals surface area contributed by atoms with Crippen molar-refractivity contribution in [1.82, 2.24) is 24.1 Å². The molecule has 0 spiro atoms. The van der Waals surface area contributed by atoms with Crippen molar-refractivity contribution >= 4 is 21.6 Å². The van der Waals surface area contributed by atoms with Crippen LogP contribution in [0.5, 0.6) is 0 Å². The van der Waals surface area contributed by atoms with Crippen molar-refractivity contribution in [3.63, 3.8) is 0 Å². The molecule has 0 fully saturated rings. The number of hydrogen-bond donors (Lipinski definition) is 1. The smallest absolute Gasteiger partial charge is 0.243 e. The highest BCUT2D eigenvalue weighted by Crippen LogP contribution is 2.14. The van der Waals surface area contributed by atoms with Gasteiger partial charge in [0.25, 0.3) is 0 Å². The van der Waals surface area contributed by atoms with E-state index in [0.29, 0.717) is 11.5 Å². The molecule has 1 N–H and O–H groups in total. The number of sulfonamides is 1. The quantitative estimate of drug-likeness (QED) is 0.689. The summed E-state index contributed by atoms with van der Waals surface area (Å²) in [5.41, 5.74) is 0.448. The van der Waals surface area contributed by atoms with E-state index in [2.05, 4.69) is 20.4 Å². The van der Waals surface area contributed by atoms with Crippen LogP contribution < -0.4 is 5.32 Å². The molecule has 3 rings (SSSR count). The van der Waals surface area contributed by atoms with Crippen molar-refractivity contribution in [2.24, 2.45) is 0 Å². The lowest BCUT2D eigenvalue weighted by Gasteiger charge is -2.16. The van der Waals surface area contributed by atoms with E-state index in [1.165, 1.54) is 42.7 Å². The third kappa shape index (κ3) is 3.92. The summed E-state index contributed by atoms with van der Waals surface area (Å²) < 4.78 is 27.3. The number of anilines is 1. The van der Waals surface area contributed by atoms with Crippen LogP contribution in [0.4, 0.5) is 5.69 Å². The maximum absolute atomic E-state index is 12.4. The lowest BCUT2D eigenvalue weighted by atomic mass is 10.4. The van der Waals surface area contributed by atoms with Gasteiger partial charge in [-0.3, -0.25) is 4.79 Å². The average molecular weight is 372 g/mol. The molecule has 9 nitrogen and oxygen atoms in total. The first-order valence-corrected chi connectivity index (χ1v) is 9.03. The van der Waals surface area contributed by atoms with E-state index in [4.69, 9.17) is 0 Å². The van der Waals surface area contributed by atoms with Gasteiger partial charge in [-0.2, -0.15) is 9.40 Å². The Bertz CT molecular complexity index is 973. The maximum atomic E-state index is 12.4. The van der Waals surface area contributed by atoms with Crippen LogP contribution in [0.3, 0.4) is 0 Å². The Morgan fingerprint density at radius 3 is 2.58 bits per heavy atom. The summed E-state index contributed by atoms with van der Waals surface area (Å²) in [5.74, 6) is 0.0755. The number of hydrogen-bond acceptors (Lipinski definition) is 6. The molecule has 1 amide bonds. The summed E-state index contributed by atoms with van der Waals surface area (Å²) in [4.78, 5) is 20.3. The fourth-order valence-electron chi connectivity index (χ4n) is 2.18. The van der Waals surface area contributed by atoms with Gasteiger partial charge in [0.1, 0.15) is 12.7 Å². The molecular formula is C16H16N6O3S. The van der Waals surface area contributed by atoms with E-state index in [0.717, 1.165) is 4.31 Å². The van der Waals surface area contributed by atoms with Crippen molar-refractivity contribution < 1.29 is 13.2 Å². The van der Waals surface area contributed by atoms with Crippen molar-refractivity contribution in [2.75, 3.05) is 18.9 Å². The highest BCUT2D eigenvalue weighted by molar-refractivity contribution is 7.89. The van der Waals surface area contributed by atoms with Crippen LogP contribution >= 0.6 is 0 Å². The molecule has 26 heavy (non-hydrogen) atoms. The zero-order chi connectivity index (χ0) is 18.6. The number of pyridine rings is 1. The second-order valence-electron chi connectivity index (χ2n) is 5.37. The molecule has 0 saturated heterocycles. The van der Waals surface area contributed by atoms with Crippen LogP contribution in [0.25, 0.3) is 5.82 Å². The topological polar surface area (TPSA) is 110 Å². The van der Waals surface area contributed by atoms with Crippen molar-refractivity contribution in [3.05, 3.63) is 61.3 Å². The second kappa shape index (κ2) is 7.42. The van der Waals surface area contributed by atoms with E-state index in [9.17, 15) is 13.2 Å². The summed E-state index contributed by atoms with van der Waals surface area (Å²) >= 11 is 0. The van der Waals surface area contributed by atoms with Crippen LogP contribution in [0.2, 0.25) is 0 Å². The Kier molecular flexibility index (Phi) is 5.05. The Hall–Kier alpha value is -3.11. The molecule has 10 heteroatoms. The first-order valence-electron chi connectivity index (χ1n) is 7.59. The van der Waals surface area contributed by atoms with Gasteiger partial charge in [0.15, 0.2) is 5.82 Å². The lowest BCUT2D eigenvalue weighted by Crippen LogP contribution is -2.34. The van der Waals surface area contributed by atoms with Gasteiger partial charge >= 0.3 is 0 Å². The first kappa shape index (κ1) is 17.7. The summed E-state index contributed by atoms with van der Waals surface area (Å²) in [6.45, 7) is -0.317. The third-order valence-electron chi connectivity index (χ3n) is 3.50. The minimum atomic E-state index is -3.72. The molecule has 0 aliphatic rings. The molecule has 2 aromatic heterocycles. The molecule has 134 valence electrons. The molecule has 0 aliphatic carbocycles. The number of nitrogens with zero attached hydrogens (tertiary/aromatic N) is 5. The first-order chi connectivity index (χ1) is 12.5. The normalized spacial score (nSPS) is 11.5. The predicted octanol–water partition coefficient (Wildman–Crippen LogP) is 0.921. The Balaban J connectivity index is 1.63. The molecule has 1 aromatic carbocycles. The largest absolute Gasteiger partial charge is 0.324 e. The molecular weight excluding hydrogens is 356 g/mol. The molecule has 0 atom stereocenters. The van der Waals surface area contributed by atoms with Crippen molar-refractivity contribution in [1.29, 1.82) is 0 Å². The average Bonchev–Trinajstić information content (AvgIpc) is 3.17. The fraction of sp³-hybridized carbons (Fsp3) is 0.125. The Morgan fingerprint density at radius 1 is 1.19 bits per heavy atom. The number of carbonyl (C=O) groups excluding carboxylic acids is 1. The standard InChI is InChI=1S/C16H16N6O3S/c1-21(26(24,25)14-5-3-2-4-6-14)10-16(23)20-13-7-8-15(18-9-13)22-12-17-11-19-22/h2-9,11-12H,10H2,1H3,(H,20,23).